The molecule has 2 nitrogen and oxygen atoms in total. The Hall–Kier alpha value is -1.49. The molecule has 0 amide bonds. The first-order valence-corrected chi connectivity index (χ1v) is 8.63. The van der Waals surface area contributed by atoms with Gasteiger partial charge in [0, 0.05) is 28.6 Å². The zero-order valence-corrected chi connectivity index (χ0v) is 14.2. The van der Waals surface area contributed by atoms with E-state index in [1.54, 1.807) is 0 Å². The molecule has 3 aromatic rings. The molecule has 0 saturated heterocycles. The Bertz CT molecular complexity index is 720. The van der Waals surface area contributed by atoms with Crippen LogP contribution in [0.15, 0.2) is 60.8 Å². The Morgan fingerprint density at radius 3 is 2.67 bits per heavy atom. The van der Waals surface area contributed by atoms with Gasteiger partial charge in [-0.15, -0.1) is 0 Å². The van der Waals surface area contributed by atoms with Gasteiger partial charge in [-0.25, -0.2) is 0 Å². The van der Waals surface area contributed by atoms with Gasteiger partial charge in [-0.2, -0.15) is 0 Å². The third-order valence-electron chi connectivity index (χ3n) is 3.68. The standard InChI is InChI=1S/C18H18INO/c1-20-12-10-15-13-16(7-8-17(15)20)21-18(9-11-19)14-5-3-2-4-6-14/h2-8,10,12-13,18H,9,11H2,1H3/t18-/m1/s1. The molecule has 3 rings (SSSR count). The van der Waals surface area contributed by atoms with Crippen LogP contribution in [0, 0.1) is 0 Å². The summed E-state index contributed by atoms with van der Waals surface area (Å²) in [5.41, 5.74) is 2.47. The van der Waals surface area contributed by atoms with Gasteiger partial charge in [0.1, 0.15) is 11.9 Å². The second-order valence-corrected chi connectivity index (χ2v) is 6.22. The number of aromatic nitrogens is 1. The summed E-state index contributed by atoms with van der Waals surface area (Å²) in [6.45, 7) is 0. The molecule has 0 aliphatic rings. The average molecular weight is 391 g/mol. The monoisotopic (exact) mass is 391 g/mol. The molecule has 0 spiro atoms. The fourth-order valence-electron chi connectivity index (χ4n) is 2.56. The van der Waals surface area contributed by atoms with E-state index in [9.17, 15) is 0 Å². The Balaban J connectivity index is 1.87. The van der Waals surface area contributed by atoms with Crippen molar-refractivity contribution in [1.82, 2.24) is 4.57 Å². The van der Waals surface area contributed by atoms with Crippen molar-refractivity contribution in [2.24, 2.45) is 7.05 Å². The fraction of sp³-hybridized carbons (Fsp3) is 0.222. The number of hydrogen-bond donors (Lipinski definition) is 0. The van der Waals surface area contributed by atoms with Gasteiger partial charge < -0.3 is 9.30 Å². The van der Waals surface area contributed by atoms with Crippen LogP contribution in [0.2, 0.25) is 0 Å². The van der Waals surface area contributed by atoms with Crippen molar-refractivity contribution in [3.63, 3.8) is 0 Å². The topological polar surface area (TPSA) is 14.2 Å². The number of nitrogens with zero attached hydrogens (tertiary/aromatic N) is 1. The molecule has 1 aromatic heterocycles. The predicted molar refractivity (Wildman–Crippen MR) is 96.2 cm³/mol. The Kier molecular flexibility index (Phi) is 4.48. The molecule has 21 heavy (non-hydrogen) atoms. The summed E-state index contributed by atoms with van der Waals surface area (Å²) in [4.78, 5) is 0. The van der Waals surface area contributed by atoms with Crippen LogP contribution in [-0.2, 0) is 7.05 Å². The Labute approximate surface area is 138 Å². The molecule has 2 aromatic carbocycles. The summed E-state index contributed by atoms with van der Waals surface area (Å²) in [6.07, 6.45) is 3.20. The smallest absolute Gasteiger partial charge is 0.124 e. The van der Waals surface area contributed by atoms with Crippen LogP contribution < -0.4 is 4.74 Å². The van der Waals surface area contributed by atoms with Crippen molar-refractivity contribution >= 4 is 33.5 Å². The third kappa shape index (κ3) is 3.23. The molecule has 3 heteroatoms. The highest BCUT2D eigenvalue weighted by Crippen LogP contribution is 2.28. The van der Waals surface area contributed by atoms with Gasteiger partial charge >= 0.3 is 0 Å². The van der Waals surface area contributed by atoms with E-state index >= 15 is 0 Å². The number of rotatable bonds is 5. The van der Waals surface area contributed by atoms with Gasteiger partial charge in [-0.3, -0.25) is 0 Å². The van der Waals surface area contributed by atoms with Crippen LogP contribution in [0.25, 0.3) is 10.9 Å². The van der Waals surface area contributed by atoms with Crippen molar-refractivity contribution in [3.05, 3.63) is 66.4 Å². The summed E-state index contributed by atoms with van der Waals surface area (Å²) >= 11 is 2.41. The number of halogens is 1. The van der Waals surface area contributed by atoms with E-state index in [4.69, 9.17) is 4.74 Å². The van der Waals surface area contributed by atoms with Crippen LogP contribution >= 0.6 is 22.6 Å². The fourth-order valence-corrected chi connectivity index (χ4v) is 3.12. The quantitative estimate of drug-likeness (QED) is 0.435. The first-order chi connectivity index (χ1) is 10.3. The van der Waals surface area contributed by atoms with Crippen LogP contribution in [0.1, 0.15) is 18.1 Å². The molecule has 0 unspecified atom stereocenters. The highest BCUT2D eigenvalue weighted by Gasteiger charge is 2.13. The predicted octanol–water partition coefficient (Wildman–Crippen LogP) is 5.12. The lowest BCUT2D eigenvalue weighted by atomic mass is 10.1. The molecule has 0 bridgehead atoms. The molecule has 0 aliphatic heterocycles. The maximum Gasteiger partial charge on any atom is 0.124 e. The number of hydrogen-bond acceptors (Lipinski definition) is 1. The molecular weight excluding hydrogens is 373 g/mol. The minimum Gasteiger partial charge on any atom is -0.486 e. The summed E-state index contributed by atoms with van der Waals surface area (Å²) < 4.78 is 9.44. The summed E-state index contributed by atoms with van der Waals surface area (Å²) in [5.74, 6) is 0.937. The second kappa shape index (κ2) is 6.52. The third-order valence-corrected chi connectivity index (χ3v) is 4.30. The zero-order chi connectivity index (χ0) is 14.7. The van der Waals surface area contributed by atoms with Crippen LogP contribution in [0.4, 0.5) is 0 Å². The van der Waals surface area contributed by atoms with Gasteiger partial charge in [0.05, 0.1) is 0 Å². The largest absolute Gasteiger partial charge is 0.486 e. The summed E-state index contributed by atoms with van der Waals surface area (Å²) in [7, 11) is 2.06. The van der Waals surface area contributed by atoms with E-state index in [0.29, 0.717) is 0 Å². The highest BCUT2D eigenvalue weighted by atomic mass is 127. The lowest BCUT2D eigenvalue weighted by molar-refractivity contribution is 0.204. The molecule has 0 radical (unpaired) electrons. The summed E-state index contributed by atoms with van der Waals surface area (Å²) in [5, 5.41) is 1.22. The van der Waals surface area contributed by atoms with Gasteiger partial charge in [0.25, 0.3) is 0 Å². The molecule has 0 aliphatic carbocycles. The van der Waals surface area contributed by atoms with Gasteiger partial charge in [-0.1, -0.05) is 52.9 Å². The molecule has 0 N–H and O–H groups in total. The Morgan fingerprint density at radius 1 is 1.10 bits per heavy atom. The number of benzene rings is 2. The number of aryl methyl sites for hydroxylation is 1. The van der Waals surface area contributed by atoms with Gasteiger partial charge in [0.15, 0.2) is 0 Å². The maximum atomic E-state index is 6.24. The lowest BCUT2D eigenvalue weighted by Crippen LogP contribution is -2.08. The van der Waals surface area contributed by atoms with Gasteiger partial charge in [0.2, 0.25) is 0 Å². The van der Waals surface area contributed by atoms with Crippen LogP contribution in [0.3, 0.4) is 0 Å². The van der Waals surface area contributed by atoms with E-state index in [-0.39, 0.29) is 6.10 Å². The number of ether oxygens (including phenoxy) is 1. The van der Waals surface area contributed by atoms with Crippen LogP contribution in [0.5, 0.6) is 5.75 Å². The summed E-state index contributed by atoms with van der Waals surface area (Å²) in [6, 6.07) is 18.9. The molecule has 108 valence electrons. The molecule has 0 fully saturated rings. The van der Waals surface area contributed by atoms with Crippen molar-refractivity contribution in [3.8, 4) is 5.75 Å². The SMILES string of the molecule is Cn1ccc2cc(O[C@H](CCI)c3ccccc3)ccc21. The first kappa shape index (κ1) is 14.4. The maximum absolute atomic E-state index is 6.24. The molecule has 1 heterocycles. The second-order valence-electron chi connectivity index (χ2n) is 5.14. The lowest BCUT2D eigenvalue weighted by Gasteiger charge is -2.19. The number of fused-ring (bicyclic) bond motifs is 1. The zero-order valence-electron chi connectivity index (χ0n) is 12.0. The van der Waals surface area contributed by atoms with Crippen LogP contribution in [-0.4, -0.2) is 8.99 Å². The molecular formula is C18H18INO. The normalized spacial score (nSPS) is 12.5. The first-order valence-electron chi connectivity index (χ1n) is 7.10. The minimum atomic E-state index is 0.115. The number of alkyl halides is 1. The highest BCUT2D eigenvalue weighted by molar-refractivity contribution is 14.1. The van der Waals surface area contributed by atoms with E-state index in [0.717, 1.165) is 16.6 Å². The van der Waals surface area contributed by atoms with E-state index in [2.05, 4.69) is 88.9 Å². The minimum absolute atomic E-state index is 0.115. The molecule has 0 saturated carbocycles. The average Bonchev–Trinajstić information content (AvgIpc) is 2.89. The van der Waals surface area contributed by atoms with Gasteiger partial charge in [-0.05, 0) is 36.2 Å². The van der Waals surface area contributed by atoms with Crippen molar-refractivity contribution in [1.29, 1.82) is 0 Å². The van der Waals surface area contributed by atoms with E-state index < -0.39 is 0 Å². The van der Waals surface area contributed by atoms with E-state index in [1.165, 1.54) is 16.5 Å². The van der Waals surface area contributed by atoms with Crippen molar-refractivity contribution in [2.75, 3.05) is 4.43 Å². The molecule has 1 atom stereocenters. The van der Waals surface area contributed by atoms with E-state index in [1.807, 2.05) is 6.07 Å². The van der Waals surface area contributed by atoms with Crippen molar-refractivity contribution < 1.29 is 4.74 Å². The Morgan fingerprint density at radius 2 is 1.90 bits per heavy atom. The van der Waals surface area contributed by atoms with Crippen molar-refractivity contribution in [2.45, 2.75) is 12.5 Å².